The summed E-state index contributed by atoms with van der Waals surface area (Å²) in [7, 11) is 0. The van der Waals surface area contributed by atoms with E-state index in [1.165, 1.54) is 5.56 Å². The SMILES string of the molecule is CCCOc1ccc(CNCc2cccc(C)n2)cc1OCC. The van der Waals surface area contributed by atoms with Gasteiger partial charge in [0.2, 0.25) is 0 Å². The minimum Gasteiger partial charge on any atom is -0.490 e. The van der Waals surface area contributed by atoms with Crippen LogP contribution in [0.2, 0.25) is 0 Å². The fourth-order valence-corrected chi connectivity index (χ4v) is 2.29. The highest BCUT2D eigenvalue weighted by molar-refractivity contribution is 5.43. The van der Waals surface area contributed by atoms with Crippen LogP contribution in [0.4, 0.5) is 0 Å². The lowest BCUT2D eigenvalue weighted by Gasteiger charge is -2.13. The van der Waals surface area contributed by atoms with Gasteiger partial charge in [0, 0.05) is 18.8 Å². The van der Waals surface area contributed by atoms with E-state index in [1.807, 2.05) is 44.2 Å². The molecule has 0 radical (unpaired) electrons. The summed E-state index contributed by atoms with van der Waals surface area (Å²) in [5.41, 5.74) is 3.27. The predicted molar refractivity (Wildman–Crippen MR) is 92.9 cm³/mol. The van der Waals surface area contributed by atoms with Crippen molar-refractivity contribution in [1.29, 1.82) is 0 Å². The van der Waals surface area contributed by atoms with E-state index in [0.717, 1.165) is 42.4 Å². The molecule has 0 aliphatic heterocycles. The number of aromatic nitrogens is 1. The fraction of sp³-hybridized carbons (Fsp3) is 0.421. The highest BCUT2D eigenvalue weighted by Gasteiger charge is 2.06. The van der Waals surface area contributed by atoms with Crippen LogP contribution in [0.25, 0.3) is 0 Å². The maximum absolute atomic E-state index is 5.73. The Morgan fingerprint density at radius 2 is 1.87 bits per heavy atom. The molecule has 1 N–H and O–H groups in total. The van der Waals surface area contributed by atoms with Crippen molar-refractivity contribution in [1.82, 2.24) is 10.3 Å². The van der Waals surface area contributed by atoms with Crippen LogP contribution >= 0.6 is 0 Å². The maximum atomic E-state index is 5.73. The molecule has 0 amide bonds. The number of pyridine rings is 1. The summed E-state index contributed by atoms with van der Waals surface area (Å²) < 4.78 is 11.4. The molecule has 124 valence electrons. The maximum Gasteiger partial charge on any atom is 0.161 e. The van der Waals surface area contributed by atoms with Crippen LogP contribution in [-0.4, -0.2) is 18.2 Å². The Labute approximate surface area is 138 Å². The number of hydrogen-bond donors (Lipinski definition) is 1. The van der Waals surface area contributed by atoms with Crippen LogP contribution in [0.15, 0.2) is 36.4 Å². The number of benzene rings is 1. The van der Waals surface area contributed by atoms with Gasteiger partial charge in [0.15, 0.2) is 11.5 Å². The van der Waals surface area contributed by atoms with Crippen molar-refractivity contribution in [2.75, 3.05) is 13.2 Å². The number of ether oxygens (including phenoxy) is 2. The molecule has 23 heavy (non-hydrogen) atoms. The minimum absolute atomic E-state index is 0.632. The molecule has 0 unspecified atom stereocenters. The second kappa shape index (κ2) is 9.16. The van der Waals surface area contributed by atoms with Gasteiger partial charge in [0.1, 0.15) is 0 Å². The molecular formula is C19H26N2O2. The second-order valence-electron chi connectivity index (χ2n) is 5.44. The predicted octanol–water partition coefficient (Wildman–Crippen LogP) is 3.87. The van der Waals surface area contributed by atoms with Crippen LogP contribution < -0.4 is 14.8 Å². The molecule has 1 aromatic heterocycles. The van der Waals surface area contributed by atoms with Gasteiger partial charge in [-0.05, 0) is 50.1 Å². The molecule has 1 aromatic carbocycles. The summed E-state index contributed by atoms with van der Waals surface area (Å²) in [4.78, 5) is 4.49. The van der Waals surface area contributed by atoms with Crippen molar-refractivity contribution in [3.05, 3.63) is 53.3 Å². The molecule has 4 heteroatoms. The monoisotopic (exact) mass is 314 g/mol. The molecule has 2 rings (SSSR count). The van der Waals surface area contributed by atoms with Crippen LogP contribution in [0.1, 0.15) is 37.2 Å². The Hall–Kier alpha value is -2.07. The van der Waals surface area contributed by atoms with Crippen molar-refractivity contribution in [2.24, 2.45) is 0 Å². The Morgan fingerprint density at radius 1 is 1.00 bits per heavy atom. The van der Waals surface area contributed by atoms with Crippen LogP contribution in [0.5, 0.6) is 11.5 Å². The lowest BCUT2D eigenvalue weighted by molar-refractivity contribution is 0.276. The van der Waals surface area contributed by atoms with E-state index in [1.54, 1.807) is 0 Å². The van der Waals surface area contributed by atoms with E-state index in [9.17, 15) is 0 Å². The number of nitrogens with one attached hydrogen (secondary N) is 1. The summed E-state index contributed by atoms with van der Waals surface area (Å²) >= 11 is 0. The second-order valence-corrected chi connectivity index (χ2v) is 5.44. The van der Waals surface area contributed by atoms with E-state index in [0.29, 0.717) is 13.2 Å². The zero-order chi connectivity index (χ0) is 16.5. The van der Waals surface area contributed by atoms with Crippen molar-refractivity contribution >= 4 is 0 Å². The Morgan fingerprint density at radius 3 is 2.61 bits per heavy atom. The summed E-state index contributed by atoms with van der Waals surface area (Å²) in [6.45, 7) is 8.94. The first-order chi connectivity index (χ1) is 11.2. The van der Waals surface area contributed by atoms with Crippen molar-refractivity contribution in [3.63, 3.8) is 0 Å². The molecule has 0 aliphatic rings. The van der Waals surface area contributed by atoms with Gasteiger partial charge in [-0.3, -0.25) is 4.98 Å². The van der Waals surface area contributed by atoms with E-state index in [2.05, 4.69) is 23.3 Å². The first kappa shape index (κ1) is 17.3. The first-order valence-electron chi connectivity index (χ1n) is 8.24. The van der Waals surface area contributed by atoms with Crippen LogP contribution in [0.3, 0.4) is 0 Å². The van der Waals surface area contributed by atoms with E-state index in [-0.39, 0.29) is 0 Å². The van der Waals surface area contributed by atoms with Gasteiger partial charge < -0.3 is 14.8 Å². The van der Waals surface area contributed by atoms with Crippen molar-refractivity contribution in [3.8, 4) is 11.5 Å². The quantitative estimate of drug-likeness (QED) is 0.763. The van der Waals surface area contributed by atoms with Gasteiger partial charge in [0.25, 0.3) is 0 Å². The fourth-order valence-electron chi connectivity index (χ4n) is 2.29. The summed E-state index contributed by atoms with van der Waals surface area (Å²) in [5.74, 6) is 1.63. The Kier molecular flexibility index (Phi) is 6.88. The Bertz CT molecular complexity index is 614. The zero-order valence-corrected chi connectivity index (χ0v) is 14.3. The van der Waals surface area contributed by atoms with Gasteiger partial charge in [-0.1, -0.05) is 19.1 Å². The summed E-state index contributed by atoms with van der Waals surface area (Å²) in [6, 6.07) is 12.2. The molecule has 0 aliphatic carbocycles. The molecule has 0 spiro atoms. The molecule has 0 fully saturated rings. The highest BCUT2D eigenvalue weighted by Crippen LogP contribution is 2.28. The lowest BCUT2D eigenvalue weighted by atomic mass is 10.2. The highest BCUT2D eigenvalue weighted by atomic mass is 16.5. The molecule has 0 bridgehead atoms. The zero-order valence-electron chi connectivity index (χ0n) is 14.3. The molecule has 1 heterocycles. The van der Waals surface area contributed by atoms with Crippen LogP contribution in [0, 0.1) is 6.92 Å². The van der Waals surface area contributed by atoms with Gasteiger partial charge in [-0.2, -0.15) is 0 Å². The molecule has 2 aromatic rings. The molecular weight excluding hydrogens is 288 g/mol. The number of aryl methyl sites for hydroxylation is 1. The number of hydrogen-bond acceptors (Lipinski definition) is 4. The van der Waals surface area contributed by atoms with E-state index >= 15 is 0 Å². The average molecular weight is 314 g/mol. The molecule has 0 saturated carbocycles. The Balaban J connectivity index is 1.95. The minimum atomic E-state index is 0.632. The number of nitrogens with zero attached hydrogens (tertiary/aromatic N) is 1. The van der Waals surface area contributed by atoms with Crippen LogP contribution in [-0.2, 0) is 13.1 Å². The third-order valence-electron chi connectivity index (χ3n) is 3.35. The molecule has 0 saturated heterocycles. The first-order valence-corrected chi connectivity index (χ1v) is 8.24. The largest absolute Gasteiger partial charge is 0.490 e. The normalized spacial score (nSPS) is 10.6. The topological polar surface area (TPSA) is 43.4 Å². The van der Waals surface area contributed by atoms with E-state index < -0.39 is 0 Å². The van der Waals surface area contributed by atoms with Gasteiger partial charge in [0.05, 0.1) is 18.9 Å². The average Bonchev–Trinajstić information content (AvgIpc) is 2.54. The third-order valence-corrected chi connectivity index (χ3v) is 3.35. The van der Waals surface area contributed by atoms with Gasteiger partial charge in [-0.15, -0.1) is 0 Å². The molecule has 0 atom stereocenters. The summed E-state index contributed by atoms with van der Waals surface area (Å²) in [5, 5.41) is 3.42. The molecule has 4 nitrogen and oxygen atoms in total. The van der Waals surface area contributed by atoms with Gasteiger partial charge in [-0.25, -0.2) is 0 Å². The van der Waals surface area contributed by atoms with E-state index in [4.69, 9.17) is 9.47 Å². The van der Waals surface area contributed by atoms with Crippen molar-refractivity contribution < 1.29 is 9.47 Å². The third kappa shape index (κ3) is 5.57. The summed E-state index contributed by atoms with van der Waals surface area (Å²) in [6.07, 6.45) is 0.984. The van der Waals surface area contributed by atoms with Crippen molar-refractivity contribution in [2.45, 2.75) is 40.3 Å². The standard InChI is InChI=1S/C19H26N2O2/c1-4-11-23-18-10-9-16(12-19(18)22-5-2)13-20-14-17-8-6-7-15(3)21-17/h6-10,12,20H,4-5,11,13-14H2,1-3H3. The number of rotatable bonds is 9. The van der Waals surface area contributed by atoms with Gasteiger partial charge >= 0.3 is 0 Å². The smallest absolute Gasteiger partial charge is 0.161 e. The lowest BCUT2D eigenvalue weighted by Crippen LogP contribution is -2.14.